The minimum Gasteiger partial charge on any atom is -0.490 e. The molecule has 2 aromatic heterocycles. The summed E-state index contributed by atoms with van der Waals surface area (Å²) in [6, 6.07) is 9.20. The maximum absolute atomic E-state index is 11.2. The molecule has 0 radical (unpaired) electrons. The van der Waals surface area contributed by atoms with Crippen molar-refractivity contribution in [2.45, 2.75) is 31.7 Å². The molecule has 0 bridgehead atoms. The molecule has 3 N–H and O–H groups in total. The van der Waals surface area contributed by atoms with Crippen molar-refractivity contribution >= 4 is 32.7 Å². The average Bonchev–Trinajstić information content (AvgIpc) is 3.26. The summed E-state index contributed by atoms with van der Waals surface area (Å²) in [5, 5.41) is 15.2. The Labute approximate surface area is 206 Å². The first-order valence-corrected chi connectivity index (χ1v) is 12.2. The number of amides is 1. The molecule has 4 rings (SSSR count). The number of fused-ring (bicyclic) bond motifs is 1. The summed E-state index contributed by atoms with van der Waals surface area (Å²) in [5.41, 5.74) is 6.27. The van der Waals surface area contributed by atoms with E-state index >= 15 is 0 Å². The van der Waals surface area contributed by atoms with Crippen molar-refractivity contribution in [3.05, 3.63) is 46.7 Å². The number of primary amides is 1. The minimum atomic E-state index is -0.597. The Morgan fingerprint density at radius 3 is 2.62 bits per heavy atom. The largest absolute Gasteiger partial charge is 0.490 e. The normalized spacial score (nSPS) is 18.2. The van der Waals surface area contributed by atoms with E-state index in [4.69, 9.17) is 25.0 Å². The molecule has 9 nitrogen and oxygen atoms in total. The summed E-state index contributed by atoms with van der Waals surface area (Å²) in [4.78, 5) is 15.2. The van der Waals surface area contributed by atoms with E-state index in [0.29, 0.717) is 50.0 Å². The molecule has 1 fully saturated rings. The van der Waals surface area contributed by atoms with Crippen molar-refractivity contribution < 1.29 is 24.1 Å². The molecule has 1 aliphatic rings. The van der Waals surface area contributed by atoms with Crippen LogP contribution < -0.4 is 15.2 Å². The minimum absolute atomic E-state index is 0.160. The van der Waals surface area contributed by atoms with E-state index in [1.54, 1.807) is 12.1 Å². The van der Waals surface area contributed by atoms with Gasteiger partial charge in [-0.15, -0.1) is 0 Å². The monoisotopic (exact) mass is 532 g/mol. The molecule has 34 heavy (non-hydrogen) atoms. The number of hydrogen-bond donors (Lipinski definition) is 2. The molecule has 1 amide bonds. The Morgan fingerprint density at radius 1 is 1.12 bits per heavy atom. The molecular formula is C24H29BrN4O5. The molecule has 0 unspecified atom stereocenters. The topological polar surface area (TPSA) is 122 Å². The summed E-state index contributed by atoms with van der Waals surface area (Å²) in [5.74, 6) is 0.873. The molecule has 3 aromatic rings. The lowest BCUT2D eigenvalue weighted by atomic mass is 9.87. The van der Waals surface area contributed by atoms with E-state index in [2.05, 4.69) is 31.8 Å². The van der Waals surface area contributed by atoms with Crippen molar-refractivity contribution in [1.82, 2.24) is 14.8 Å². The van der Waals surface area contributed by atoms with Crippen LogP contribution in [0.4, 0.5) is 0 Å². The van der Waals surface area contributed by atoms with Crippen LogP contribution in [0.2, 0.25) is 0 Å². The number of ether oxygens (including phenoxy) is 3. The van der Waals surface area contributed by atoms with E-state index in [9.17, 15) is 9.90 Å². The molecule has 1 aromatic carbocycles. The maximum Gasteiger partial charge on any atom is 0.267 e. The lowest BCUT2D eigenvalue weighted by Gasteiger charge is -2.27. The molecule has 2 heterocycles. The summed E-state index contributed by atoms with van der Waals surface area (Å²) in [6.07, 6.45) is 6.24. The first-order valence-electron chi connectivity index (χ1n) is 11.4. The van der Waals surface area contributed by atoms with Crippen LogP contribution in [0.3, 0.4) is 0 Å². The highest BCUT2D eigenvalue weighted by atomic mass is 79.9. The molecule has 0 saturated heterocycles. The number of carbonyl (C=O) groups is 1. The van der Waals surface area contributed by atoms with Crippen LogP contribution in [0.25, 0.3) is 10.9 Å². The Morgan fingerprint density at radius 2 is 1.88 bits per heavy atom. The zero-order valence-corrected chi connectivity index (χ0v) is 20.4. The van der Waals surface area contributed by atoms with Gasteiger partial charge in [-0.3, -0.25) is 9.48 Å². The number of nitrogens with zero attached hydrogens (tertiary/aromatic N) is 3. The molecule has 1 aliphatic carbocycles. The van der Waals surface area contributed by atoms with Gasteiger partial charge in [-0.1, -0.05) is 6.07 Å². The van der Waals surface area contributed by atoms with E-state index in [-0.39, 0.29) is 12.3 Å². The third-order valence-corrected chi connectivity index (χ3v) is 6.58. The summed E-state index contributed by atoms with van der Waals surface area (Å²) < 4.78 is 19.9. The highest BCUT2D eigenvalue weighted by Gasteiger charge is 2.23. The van der Waals surface area contributed by atoms with Crippen LogP contribution in [0.15, 0.2) is 41.0 Å². The first kappa shape index (κ1) is 24.4. The summed E-state index contributed by atoms with van der Waals surface area (Å²) >= 11 is 3.59. The Balaban J connectivity index is 1.21. The highest BCUT2D eigenvalue weighted by Crippen LogP contribution is 2.34. The van der Waals surface area contributed by atoms with Crippen LogP contribution in [-0.4, -0.2) is 58.8 Å². The number of halogens is 1. The van der Waals surface area contributed by atoms with Gasteiger partial charge < -0.3 is 25.1 Å². The Kier molecular flexibility index (Phi) is 8.36. The number of carbonyl (C=O) groups excluding carboxylic acids is 1. The van der Waals surface area contributed by atoms with Crippen molar-refractivity contribution in [3.63, 3.8) is 0 Å². The number of aliphatic hydroxyl groups is 1. The van der Waals surface area contributed by atoms with Crippen molar-refractivity contribution in [3.8, 4) is 11.6 Å². The average molecular weight is 533 g/mol. The van der Waals surface area contributed by atoms with Crippen molar-refractivity contribution in [2.75, 3.05) is 33.0 Å². The molecule has 0 aliphatic heterocycles. The van der Waals surface area contributed by atoms with Gasteiger partial charge in [0.25, 0.3) is 5.91 Å². The van der Waals surface area contributed by atoms with Gasteiger partial charge >= 0.3 is 0 Å². The molecule has 0 spiro atoms. The Bertz CT molecular complexity index is 1110. The smallest absolute Gasteiger partial charge is 0.267 e. The van der Waals surface area contributed by atoms with Gasteiger partial charge in [-0.05, 0) is 59.7 Å². The maximum atomic E-state index is 11.2. The third-order valence-electron chi connectivity index (χ3n) is 5.96. The second-order valence-corrected chi connectivity index (χ2v) is 9.20. The van der Waals surface area contributed by atoms with E-state index in [0.717, 1.165) is 41.1 Å². The van der Waals surface area contributed by atoms with Crippen LogP contribution in [0, 0.1) is 5.92 Å². The Hall–Kier alpha value is -2.69. The van der Waals surface area contributed by atoms with Crippen LogP contribution >= 0.6 is 15.9 Å². The van der Waals surface area contributed by atoms with Crippen molar-refractivity contribution in [1.29, 1.82) is 0 Å². The molecule has 182 valence electrons. The lowest BCUT2D eigenvalue weighted by molar-refractivity contribution is 0.0750. The predicted molar refractivity (Wildman–Crippen MR) is 130 cm³/mol. The molecule has 1 saturated carbocycles. The van der Waals surface area contributed by atoms with Crippen LogP contribution in [0.1, 0.15) is 42.2 Å². The number of aliphatic hydroxyl groups excluding tert-OH is 1. The zero-order valence-electron chi connectivity index (χ0n) is 18.9. The standard InChI is InChI=1S/C24H29BrN4O5/c25-19-12-17-14-29(18-6-4-16(15-30)5-7-18)28-21(17)13-22(19)33-10-8-32-9-11-34-23-3-1-2-20(27-23)24(26)31/h1-3,12-14,16,18,30H,4-11,15H2,(H2,26,31). The lowest BCUT2D eigenvalue weighted by Crippen LogP contribution is -2.20. The van der Waals surface area contributed by atoms with Gasteiger partial charge in [0.15, 0.2) is 0 Å². The first-order chi connectivity index (χ1) is 16.5. The predicted octanol–water partition coefficient (Wildman–Crippen LogP) is 3.49. The fourth-order valence-electron chi connectivity index (χ4n) is 4.08. The van der Waals surface area contributed by atoms with E-state index < -0.39 is 5.91 Å². The second kappa shape index (κ2) is 11.6. The third kappa shape index (κ3) is 6.25. The van der Waals surface area contributed by atoms with Crippen LogP contribution in [0.5, 0.6) is 11.6 Å². The number of rotatable bonds is 11. The molecule has 0 atom stereocenters. The van der Waals surface area contributed by atoms with Gasteiger partial charge in [-0.25, -0.2) is 4.98 Å². The quantitative estimate of drug-likeness (QED) is 0.362. The van der Waals surface area contributed by atoms with Gasteiger partial charge in [0.05, 0.1) is 29.2 Å². The number of aromatic nitrogens is 3. The van der Waals surface area contributed by atoms with Gasteiger partial charge in [0, 0.05) is 30.3 Å². The zero-order chi connectivity index (χ0) is 23.9. The SMILES string of the molecule is NC(=O)c1cccc(OCCOCCOc2cc3nn(C4CCC(CO)CC4)cc3cc2Br)n1. The molecule has 10 heteroatoms. The van der Waals surface area contributed by atoms with Gasteiger partial charge in [0.1, 0.15) is 24.7 Å². The summed E-state index contributed by atoms with van der Waals surface area (Å²) in [7, 11) is 0. The van der Waals surface area contributed by atoms with E-state index in [1.165, 1.54) is 6.07 Å². The highest BCUT2D eigenvalue weighted by molar-refractivity contribution is 9.10. The van der Waals surface area contributed by atoms with Crippen molar-refractivity contribution in [2.24, 2.45) is 11.7 Å². The number of hydrogen-bond acceptors (Lipinski definition) is 7. The fourth-order valence-corrected chi connectivity index (χ4v) is 4.56. The van der Waals surface area contributed by atoms with Gasteiger partial charge in [-0.2, -0.15) is 5.10 Å². The molecular weight excluding hydrogens is 504 g/mol. The van der Waals surface area contributed by atoms with Gasteiger partial charge in [0.2, 0.25) is 5.88 Å². The number of nitrogens with two attached hydrogens (primary N) is 1. The second-order valence-electron chi connectivity index (χ2n) is 8.34. The number of pyridine rings is 1. The van der Waals surface area contributed by atoms with E-state index in [1.807, 2.05) is 12.1 Å². The number of benzene rings is 1. The van der Waals surface area contributed by atoms with Crippen LogP contribution in [-0.2, 0) is 4.74 Å². The fraction of sp³-hybridized carbons (Fsp3) is 0.458. The summed E-state index contributed by atoms with van der Waals surface area (Å²) in [6.45, 7) is 1.70.